The van der Waals surface area contributed by atoms with Crippen LogP contribution in [0.2, 0.25) is 12.6 Å². The van der Waals surface area contributed by atoms with Gasteiger partial charge in [-0.2, -0.15) is 0 Å². The molecule has 0 amide bonds. The summed E-state index contributed by atoms with van der Waals surface area (Å²) in [6.07, 6.45) is 3.30. The van der Waals surface area contributed by atoms with Crippen LogP contribution in [0.4, 0.5) is 0 Å². The van der Waals surface area contributed by atoms with E-state index in [4.69, 9.17) is 22.2 Å². The highest BCUT2D eigenvalue weighted by atomic mass is 35.7. The van der Waals surface area contributed by atoms with Crippen molar-refractivity contribution >= 4 is 34.9 Å². The minimum atomic E-state index is -1.91. The zero-order valence-electron chi connectivity index (χ0n) is 6.44. The third-order valence-electron chi connectivity index (χ3n) is 1.20. The van der Waals surface area contributed by atoms with Gasteiger partial charge in [0.15, 0.2) is 0 Å². The van der Waals surface area contributed by atoms with Crippen molar-refractivity contribution in [2.24, 2.45) is 4.99 Å². The van der Waals surface area contributed by atoms with Gasteiger partial charge in [0.1, 0.15) is 0 Å². The van der Waals surface area contributed by atoms with Crippen molar-refractivity contribution in [3.8, 4) is 0 Å². The van der Waals surface area contributed by atoms with Gasteiger partial charge < -0.3 is 0 Å². The first kappa shape index (κ1) is 11.2. The van der Waals surface area contributed by atoms with Gasteiger partial charge in [-0.25, -0.2) is 9.79 Å². The van der Waals surface area contributed by atoms with Crippen molar-refractivity contribution in [1.29, 1.82) is 0 Å². The molecule has 0 spiro atoms. The number of hydrogen-bond donors (Lipinski definition) is 0. The minimum Gasteiger partial charge on any atom is -0.211 e. The molecule has 0 unspecified atom stereocenters. The Morgan fingerprint density at radius 3 is 2.55 bits per heavy atom. The average molecular weight is 212 g/mol. The normalized spacial score (nSPS) is 10.8. The van der Waals surface area contributed by atoms with Gasteiger partial charge in [-0.15, -0.1) is 22.2 Å². The van der Waals surface area contributed by atoms with Crippen LogP contribution in [0.15, 0.2) is 4.99 Å². The monoisotopic (exact) mass is 211 g/mol. The van der Waals surface area contributed by atoms with Crippen molar-refractivity contribution < 1.29 is 4.79 Å². The van der Waals surface area contributed by atoms with E-state index in [1.54, 1.807) is 0 Å². The Labute approximate surface area is 77.0 Å². The van der Waals surface area contributed by atoms with E-state index < -0.39 is 6.69 Å². The smallest absolute Gasteiger partial charge is 0.211 e. The number of rotatable bonds is 5. The summed E-state index contributed by atoms with van der Waals surface area (Å²) >= 11 is 11.7. The topological polar surface area (TPSA) is 29.4 Å². The summed E-state index contributed by atoms with van der Waals surface area (Å²) in [6, 6.07) is 0.866. The number of nitrogens with zero attached hydrogens (tertiary/aromatic N) is 1. The molecule has 11 heavy (non-hydrogen) atoms. The van der Waals surface area contributed by atoms with Gasteiger partial charge in [-0.05, 0) is 19.0 Å². The molecular formula is C6H11Cl2NOSi. The molecule has 0 atom stereocenters. The molecule has 0 aromatic heterocycles. The molecule has 2 nitrogen and oxygen atoms in total. The van der Waals surface area contributed by atoms with Crippen molar-refractivity contribution in [3.05, 3.63) is 0 Å². The maximum Gasteiger partial charge on any atom is 0.248 e. The predicted octanol–water partition coefficient (Wildman–Crippen LogP) is 2.65. The van der Waals surface area contributed by atoms with Gasteiger partial charge in [0, 0.05) is 0 Å². The van der Waals surface area contributed by atoms with Gasteiger partial charge >= 0.3 is 0 Å². The van der Waals surface area contributed by atoms with Crippen LogP contribution in [0, 0.1) is 0 Å². The lowest BCUT2D eigenvalue weighted by Gasteiger charge is -2.07. The number of unbranched alkanes of at least 4 members (excludes halogenated alkanes) is 1. The fourth-order valence-corrected chi connectivity index (χ4v) is 2.34. The molecule has 0 saturated carbocycles. The Morgan fingerprint density at radius 2 is 2.09 bits per heavy atom. The molecule has 0 N–H and O–H groups in total. The molecule has 0 aliphatic heterocycles. The van der Waals surface area contributed by atoms with E-state index in [0.717, 1.165) is 18.9 Å². The van der Waals surface area contributed by atoms with E-state index in [0.29, 0.717) is 6.54 Å². The SMILES string of the molecule is C[Si](Cl)(Cl)CCCCN=C=O. The van der Waals surface area contributed by atoms with E-state index in [9.17, 15) is 4.79 Å². The summed E-state index contributed by atoms with van der Waals surface area (Å²) in [5.41, 5.74) is 0. The van der Waals surface area contributed by atoms with Crippen LogP contribution in [0.25, 0.3) is 0 Å². The van der Waals surface area contributed by atoms with Crippen molar-refractivity contribution in [2.75, 3.05) is 6.54 Å². The summed E-state index contributed by atoms with van der Waals surface area (Å²) in [5, 5.41) is 0. The molecule has 0 radical (unpaired) electrons. The lowest BCUT2D eigenvalue weighted by Crippen LogP contribution is -2.11. The Morgan fingerprint density at radius 1 is 1.45 bits per heavy atom. The van der Waals surface area contributed by atoms with E-state index in [1.165, 1.54) is 6.08 Å². The molecule has 0 heterocycles. The van der Waals surface area contributed by atoms with Gasteiger partial charge in [-0.3, -0.25) is 0 Å². The summed E-state index contributed by atoms with van der Waals surface area (Å²) in [4.78, 5) is 13.0. The highest BCUT2D eigenvalue weighted by Crippen LogP contribution is 2.22. The van der Waals surface area contributed by atoms with E-state index >= 15 is 0 Å². The Balaban J connectivity index is 3.21. The molecule has 5 heteroatoms. The molecule has 0 saturated heterocycles. The second-order valence-electron chi connectivity index (χ2n) is 2.50. The number of carbonyl (C=O) groups excluding carboxylic acids is 1. The van der Waals surface area contributed by atoms with Gasteiger partial charge in [0.2, 0.25) is 12.8 Å². The first-order valence-corrected chi connectivity index (χ1v) is 8.21. The summed E-state index contributed by atoms with van der Waals surface area (Å²) < 4.78 is 0. The Bertz CT molecular complexity index is 151. The van der Waals surface area contributed by atoms with Crippen LogP contribution in [-0.4, -0.2) is 19.3 Å². The van der Waals surface area contributed by atoms with Crippen molar-refractivity contribution in [2.45, 2.75) is 25.4 Å². The fraction of sp³-hybridized carbons (Fsp3) is 0.833. The first-order valence-electron chi connectivity index (χ1n) is 3.48. The van der Waals surface area contributed by atoms with Gasteiger partial charge in [0.25, 0.3) is 0 Å². The van der Waals surface area contributed by atoms with Crippen LogP contribution < -0.4 is 0 Å². The Hall–Kier alpha value is 0.177. The predicted molar refractivity (Wildman–Crippen MR) is 50.4 cm³/mol. The summed E-state index contributed by atoms with van der Waals surface area (Å²) in [7, 11) is 0. The molecule has 0 fully saturated rings. The molecule has 64 valence electrons. The average Bonchev–Trinajstić information content (AvgIpc) is 1.85. The van der Waals surface area contributed by atoms with Crippen LogP contribution in [0.3, 0.4) is 0 Å². The molecule has 0 aromatic carbocycles. The molecule has 0 aliphatic carbocycles. The third kappa shape index (κ3) is 10.2. The second kappa shape index (κ2) is 5.78. The number of aliphatic imine (C=N–C) groups is 1. The van der Waals surface area contributed by atoms with Crippen LogP contribution in [0.5, 0.6) is 0 Å². The van der Waals surface area contributed by atoms with E-state index in [2.05, 4.69) is 4.99 Å². The second-order valence-corrected chi connectivity index (χ2v) is 10.7. The van der Waals surface area contributed by atoms with Gasteiger partial charge in [-0.1, -0.05) is 6.42 Å². The van der Waals surface area contributed by atoms with Crippen molar-refractivity contribution in [1.82, 2.24) is 0 Å². The standard InChI is InChI=1S/C6H11Cl2NOSi/c1-11(7,8)5-3-2-4-9-6-10/h2-5H2,1H3. The van der Waals surface area contributed by atoms with Crippen LogP contribution in [-0.2, 0) is 4.79 Å². The maximum atomic E-state index is 9.63. The first-order chi connectivity index (χ1) is 5.06. The molecule has 0 aromatic rings. The number of isocyanates is 1. The van der Waals surface area contributed by atoms with Crippen LogP contribution in [0.1, 0.15) is 12.8 Å². The molecular weight excluding hydrogens is 201 g/mol. The number of hydrogen-bond acceptors (Lipinski definition) is 2. The maximum absolute atomic E-state index is 9.63. The quantitative estimate of drug-likeness (QED) is 0.226. The zero-order valence-corrected chi connectivity index (χ0v) is 8.95. The van der Waals surface area contributed by atoms with Gasteiger partial charge in [0.05, 0.1) is 6.54 Å². The van der Waals surface area contributed by atoms with Crippen molar-refractivity contribution in [3.63, 3.8) is 0 Å². The third-order valence-corrected chi connectivity index (χ3v) is 3.57. The minimum absolute atomic E-state index is 0.543. The summed E-state index contributed by atoms with van der Waals surface area (Å²) in [5.74, 6) is 0. The van der Waals surface area contributed by atoms with E-state index in [1.807, 2.05) is 6.55 Å². The molecule has 0 rings (SSSR count). The highest BCUT2D eigenvalue weighted by molar-refractivity contribution is 7.44. The zero-order chi connectivity index (χ0) is 8.74. The number of halogens is 2. The largest absolute Gasteiger partial charge is 0.248 e. The summed E-state index contributed by atoms with van der Waals surface area (Å²) in [6.45, 7) is 0.518. The lowest BCUT2D eigenvalue weighted by molar-refractivity contribution is 0.562. The lowest BCUT2D eigenvalue weighted by atomic mass is 10.3. The highest BCUT2D eigenvalue weighted by Gasteiger charge is 2.19. The van der Waals surface area contributed by atoms with E-state index in [-0.39, 0.29) is 0 Å². The fourth-order valence-electron chi connectivity index (χ4n) is 0.672. The molecule has 0 aliphatic rings. The Kier molecular flexibility index (Phi) is 5.87. The molecule has 0 bridgehead atoms. The van der Waals surface area contributed by atoms with Crippen LogP contribution >= 0.6 is 22.2 Å².